The van der Waals surface area contributed by atoms with Crippen LogP contribution in [0.4, 0.5) is 5.82 Å². The first kappa shape index (κ1) is 16.0. The molecule has 0 atom stereocenters. The van der Waals surface area contributed by atoms with Gasteiger partial charge in [0.1, 0.15) is 6.54 Å². The third kappa shape index (κ3) is 2.75. The van der Waals surface area contributed by atoms with E-state index in [1.807, 2.05) is 0 Å². The van der Waals surface area contributed by atoms with Crippen molar-refractivity contribution in [3.63, 3.8) is 0 Å². The van der Waals surface area contributed by atoms with Crippen LogP contribution in [0.1, 0.15) is 32.0 Å². The van der Waals surface area contributed by atoms with Gasteiger partial charge in [0.15, 0.2) is 5.82 Å². The lowest BCUT2D eigenvalue weighted by Crippen LogP contribution is -2.37. The van der Waals surface area contributed by atoms with Crippen molar-refractivity contribution in [1.29, 1.82) is 0 Å². The minimum atomic E-state index is -0.470. The number of rotatable bonds is 3. The molecular formula is C16H14BrN5O3. The van der Waals surface area contributed by atoms with Crippen LogP contribution in [0.2, 0.25) is 0 Å². The third-order valence-corrected chi connectivity index (χ3v) is 4.79. The number of nitrogens with one attached hydrogen (secondary N) is 3. The molecule has 3 heterocycles. The summed E-state index contributed by atoms with van der Waals surface area (Å²) < 4.78 is 0.703. The zero-order valence-corrected chi connectivity index (χ0v) is 14.6. The number of halogens is 1. The number of imide groups is 1. The Balaban J connectivity index is 1.49. The first-order valence-electron chi connectivity index (χ1n) is 7.77. The molecule has 0 unspecified atom stereocenters. The normalized spacial score (nSPS) is 16.0. The highest BCUT2D eigenvalue weighted by Crippen LogP contribution is 2.26. The molecule has 3 amide bonds. The Morgan fingerprint density at radius 3 is 2.92 bits per heavy atom. The van der Waals surface area contributed by atoms with Crippen LogP contribution in [0, 0.1) is 0 Å². The van der Waals surface area contributed by atoms with Crippen LogP contribution in [0.3, 0.4) is 0 Å². The van der Waals surface area contributed by atoms with Gasteiger partial charge in [-0.05, 0) is 18.2 Å². The number of aromatic amines is 1. The lowest BCUT2D eigenvalue weighted by atomic mass is 10.1. The zero-order chi connectivity index (χ0) is 17.6. The Bertz CT molecular complexity index is 907. The number of aromatic nitrogens is 2. The van der Waals surface area contributed by atoms with Crippen LogP contribution < -0.4 is 10.6 Å². The molecule has 0 fully saturated rings. The number of nitrogens with zero attached hydrogens (tertiary/aromatic N) is 2. The Morgan fingerprint density at radius 1 is 1.28 bits per heavy atom. The highest BCUT2D eigenvalue weighted by molar-refractivity contribution is 9.10. The molecule has 3 N–H and O–H groups in total. The molecule has 0 bridgehead atoms. The minimum absolute atomic E-state index is 0.300. The second kappa shape index (κ2) is 6.08. The lowest BCUT2D eigenvalue weighted by molar-refractivity contribution is -0.116. The molecule has 9 heteroatoms. The van der Waals surface area contributed by atoms with Gasteiger partial charge in [-0.25, -0.2) is 0 Å². The maximum absolute atomic E-state index is 12.4. The van der Waals surface area contributed by atoms with Crippen molar-refractivity contribution >= 4 is 39.5 Å². The smallest absolute Gasteiger partial charge is 0.262 e. The molecule has 0 saturated heterocycles. The van der Waals surface area contributed by atoms with Crippen molar-refractivity contribution in [2.75, 3.05) is 18.4 Å². The number of carbonyl (C=O) groups excluding carboxylic acids is 3. The average Bonchev–Trinajstić information content (AvgIpc) is 3.10. The van der Waals surface area contributed by atoms with Crippen LogP contribution in [0.5, 0.6) is 0 Å². The van der Waals surface area contributed by atoms with E-state index in [1.54, 1.807) is 18.2 Å². The van der Waals surface area contributed by atoms with Gasteiger partial charge >= 0.3 is 0 Å². The summed E-state index contributed by atoms with van der Waals surface area (Å²) in [7, 11) is 0. The van der Waals surface area contributed by atoms with Gasteiger partial charge in [0.2, 0.25) is 5.91 Å². The molecule has 0 radical (unpaired) electrons. The molecule has 0 spiro atoms. The molecule has 4 rings (SSSR count). The molecule has 2 aliphatic rings. The van der Waals surface area contributed by atoms with Gasteiger partial charge in [0, 0.05) is 35.2 Å². The molecule has 8 nitrogen and oxygen atoms in total. The zero-order valence-electron chi connectivity index (χ0n) is 13.1. The predicted molar refractivity (Wildman–Crippen MR) is 92.1 cm³/mol. The summed E-state index contributed by atoms with van der Waals surface area (Å²) >= 11 is 3.28. The molecule has 128 valence electrons. The quantitative estimate of drug-likeness (QED) is 0.664. The first-order chi connectivity index (χ1) is 12.0. The van der Waals surface area contributed by atoms with Crippen LogP contribution >= 0.6 is 15.9 Å². The number of carbonyl (C=O) groups is 3. The molecular weight excluding hydrogens is 390 g/mol. The summed E-state index contributed by atoms with van der Waals surface area (Å²) in [5, 5.41) is 12.9. The number of amides is 3. The maximum Gasteiger partial charge on any atom is 0.262 e. The average molecular weight is 404 g/mol. The molecule has 0 aliphatic carbocycles. The van der Waals surface area contributed by atoms with Crippen molar-refractivity contribution in [2.45, 2.75) is 13.0 Å². The van der Waals surface area contributed by atoms with Crippen LogP contribution in [0.25, 0.3) is 0 Å². The summed E-state index contributed by atoms with van der Waals surface area (Å²) in [6.45, 7) is 1.12. The van der Waals surface area contributed by atoms with Gasteiger partial charge in [-0.1, -0.05) is 15.9 Å². The second-order valence-electron chi connectivity index (χ2n) is 5.89. The summed E-state index contributed by atoms with van der Waals surface area (Å²) in [5.74, 6) is -0.962. The van der Waals surface area contributed by atoms with Crippen molar-refractivity contribution in [3.05, 3.63) is 45.1 Å². The molecule has 2 aliphatic heterocycles. The number of anilines is 1. The van der Waals surface area contributed by atoms with Gasteiger partial charge in [0.25, 0.3) is 11.8 Å². The van der Waals surface area contributed by atoms with Crippen LogP contribution in [-0.4, -0.2) is 45.9 Å². The Labute approximate surface area is 151 Å². The van der Waals surface area contributed by atoms with Crippen LogP contribution in [-0.2, 0) is 17.8 Å². The Hall–Kier alpha value is -2.52. The molecule has 2 aromatic rings. The van der Waals surface area contributed by atoms with Crippen molar-refractivity contribution in [1.82, 2.24) is 20.4 Å². The number of fused-ring (bicyclic) bond motifs is 2. The summed E-state index contributed by atoms with van der Waals surface area (Å²) in [6.07, 6.45) is 0.811. The molecule has 0 saturated carbocycles. The van der Waals surface area contributed by atoms with Gasteiger partial charge < -0.3 is 10.6 Å². The van der Waals surface area contributed by atoms with E-state index in [2.05, 4.69) is 36.8 Å². The van der Waals surface area contributed by atoms with E-state index in [1.165, 1.54) is 0 Å². The van der Waals surface area contributed by atoms with E-state index >= 15 is 0 Å². The Kier molecular flexibility index (Phi) is 3.89. The van der Waals surface area contributed by atoms with E-state index in [0.717, 1.165) is 29.1 Å². The highest BCUT2D eigenvalue weighted by Gasteiger charge is 2.36. The fraction of sp³-hybridized carbons (Fsp3) is 0.250. The van der Waals surface area contributed by atoms with Gasteiger partial charge in [-0.2, -0.15) is 5.10 Å². The molecule has 1 aromatic heterocycles. The highest BCUT2D eigenvalue weighted by atomic mass is 79.9. The number of H-pyrrole nitrogens is 1. The second-order valence-corrected chi connectivity index (χ2v) is 6.81. The SMILES string of the molecule is O=C(CN1C(=O)c2ccc(Br)cc2C1=O)Nc1n[nH]c2c1CNCC2. The number of benzene rings is 1. The fourth-order valence-corrected chi connectivity index (χ4v) is 3.41. The summed E-state index contributed by atoms with van der Waals surface area (Å²) in [4.78, 5) is 38.0. The van der Waals surface area contributed by atoms with Gasteiger partial charge in [-0.3, -0.25) is 24.4 Å². The van der Waals surface area contributed by atoms with Gasteiger partial charge in [0.05, 0.1) is 11.1 Å². The first-order valence-corrected chi connectivity index (χ1v) is 8.56. The minimum Gasteiger partial charge on any atom is -0.312 e. The van der Waals surface area contributed by atoms with Crippen LogP contribution in [0.15, 0.2) is 22.7 Å². The van der Waals surface area contributed by atoms with E-state index in [-0.39, 0.29) is 6.54 Å². The number of hydrogen-bond donors (Lipinski definition) is 3. The van der Waals surface area contributed by atoms with E-state index < -0.39 is 17.7 Å². The van der Waals surface area contributed by atoms with Crippen molar-refractivity contribution in [3.8, 4) is 0 Å². The molecule has 1 aromatic carbocycles. The lowest BCUT2D eigenvalue weighted by Gasteiger charge is -2.15. The van der Waals surface area contributed by atoms with Crippen molar-refractivity contribution < 1.29 is 14.4 Å². The largest absolute Gasteiger partial charge is 0.312 e. The topological polar surface area (TPSA) is 107 Å². The fourth-order valence-electron chi connectivity index (χ4n) is 3.05. The summed E-state index contributed by atoms with van der Waals surface area (Å²) in [6, 6.07) is 4.85. The standard InChI is InChI=1S/C16H14BrN5O3/c17-8-1-2-9-10(5-8)16(25)22(15(9)24)7-13(23)19-14-11-6-18-4-3-12(11)20-21-14/h1-2,5,18H,3-4,6-7H2,(H2,19,20,21,23). The maximum atomic E-state index is 12.4. The summed E-state index contributed by atoms with van der Waals surface area (Å²) in [5.41, 5.74) is 2.50. The van der Waals surface area contributed by atoms with Gasteiger partial charge in [-0.15, -0.1) is 0 Å². The van der Waals surface area contributed by atoms with E-state index in [9.17, 15) is 14.4 Å². The van der Waals surface area contributed by atoms with E-state index in [4.69, 9.17) is 0 Å². The number of hydrogen-bond acceptors (Lipinski definition) is 5. The van der Waals surface area contributed by atoms with E-state index in [0.29, 0.717) is 28.0 Å². The van der Waals surface area contributed by atoms with Crippen molar-refractivity contribution in [2.24, 2.45) is 0 Å². The third-order valence-electron chi connectivity index (χ3n) is 4.30. The Morgan fingerprint density at radius 2 is 2.08 bits per heavy atom. The molecule has 25 heavy (non-hydrogen) atoms. The predicted octanol–water partition coefficient (Wildman–Crippen LogP) is 1.05. The monoisotopic (exact) mass is 403 g/mol.